The second-order valence-electron chi connectivity index (χ2n) is 9.32. The van der Waals surface area contributed by atoms with Crippen molar-refractivity contribution in [3.8, 4) is 11.1 Å². The third-order valence-corrected chi connectivity index (χ3v) is 5.95. The number of ketones is 2. The minimum absolute atomic E-state index is 0.215. The molecule has 0 saturated heterocycles. The molecule has 0 radical (unpaired) electrons. The Kier molecular flexibility index (Phi) is 8.58. The Bertz CT molecular complexity index is 1250. The van der Waals surface area contributed by atoms with Crippen LogP contribution in [0.1, 0.15) is 85.4 Å². The van der Waals surface area contributed by atoms with Crippen LogP contribution in [0.3, 0.4) is 0 Å². The molecule has 0 aliphatic carbocycles. The monoisotopic (exact) mass is 490 g/mol. The Labute approximate surface area is 212 Å². The van der Waals surface area contributed by atoms with Gasteiger partial charge >= 0.3 is 5.97 Å². The highest BCUT2D eigenvalue weighted by Crippen LogP contribution is 2.28. The fourth-order valence-electron chi connectivity index (χ4n) is 4.12. The van der Waals surface area contributed by atoms with E-state index in [4.69, 9.17) is 4.74 Å². The van der Waals surface area contributed by atoms with Gasteiger partial charge in [-0.15, -0.1) is 0 Å². The van der Waals surface area contributed by atoms with E-state index in [0.29, 0.717) is 29.8 Å². The van der Waals surface area contributed by atoms with Crippen molar-refractivity contribution in [2.45, 2.75) is 66.0 Å². The van der Waals surface area contributed by atoms with E-state index in [-0.39, 0.29) is 12.3 Å². The molecule has 3 aromatic rings. The topological polar surface area (TPSA) is 98.5 Å². The van der Waals surface area contributed by atoms with Crippen molar-refractivity contribution < 1.29 is 24.2 Å². The number of carbonyl (C=O) groups excluding carboxylic acids is 3. The van der Waals surface area contributed by atoms with E-state index in [0.717, 1.165) is 29.8 Å². The molecular formula is C29H34N2O5. The number of aryl methyl sites for hydroxylation is 1. The first kappa shape index (κ1) is 27.0. The highest BCUT2D eigenvalue weighted by Gasteiger charge is 2.32. The Morgan fingerprint density at radius 3 is 2.28 bits per heavy atom. The molecule has 7 heteroatoms. The van der Waals surface area contributed by atoms with Gasteiger partial charge in [0.05, 0.1) is 6.61 Å². The van der Waals surface area contributed by atoms with Crippen molar-refractivity contribution in [1.82, 2.24) is 9.55 Å². The fourth-order valence-corrected chi connectivity index (χ4v) is 4.12. The molecule has 0 fully saturated rings. The van der Waals surface area contributed by atoms with Crippen molar-refractivity contribution in [2.75, 3.05) is 6.61 Å². The standard InChI is InChI=1S/C29H34N2O5/c1-6-8-13-24-30-27(29(4,5)35)25(28(34)36-7-2)31(24)18-20-14-16-21(17-15-20)22-11-9-10-12-23(22)26(33)19(3)32/h9-12,14-17,35H,6-8,13,18H2,1-5H3. The highest BCUT2D eigenvalue weighted by molar-refractivity contribution is 6.44. The van der Waals surface area contributed by atoms with Gasteiger partial charge in [0.15, 0.2) is 11.5 Å². The number of esters is 1. The zero-order valence-electron chi connectivity index (χ0n) is 21.6. The minimum Gasteiger partial charge on any atom is -0.461 e. The normalized spacial score (nSPS) is 11.4. The fraction of sp³-hybridized carbons (Fsp3) is 0.379. The smallest absolute Gasteiger partial charge is 0.357 e. The molecule has 2 aromatic carbocycles. The second-order valence-corrected chi connectivity index (χ2v) is 9.32. The van der Waals surface area contributed by atoms with E-state index in [1.807, 2.05) is 41.0 Å². The van der Waals surface area contributed by atoms with Gasteiger partial charge in [-0.2, -0.15) is 0 Å². The molecule has 3 rings (SSSR count). The van der Waals surface area contributed by atoms with Crippen LogP contribution in [0.4, 0.5) is 0 Å². The number of benzene rings is 2. The summed E-state index contributed by atoms with van der Waals surface area (Å²) in [5, 5.41) is 10.8. The summed E-state index contributed by atoms with van der Waals surface area (Å²) in [5.74, 6) is -0.823. The van der Waals surface area contributed by atoms with E-state index in [9.17, 15) is 19.5 Å². The van der Waals surface area contributed by atoms with Gasteiger partial charge in [-0.25, -0.2) is 9.78 Å². The van der Waals surface area contributed by atoms with Gasteiger partial charge in [0.1, 0.15) is 17.1 Å². The number of Topliss-reactive ketones (excluding diaryl/α,β-unsaturated/α-hetero) is 2. The molecule has 1 aromatic heterocycles. The molecule has 36 heavy (non-hydrogen) atoms. The lowest BCUT2D eigenvalue weighted by molar-refractivity contribution is -0.113. The Hall–Kier alpha value is -3.58. The second kappa shape index (κ2) is 11.4. The number of aromatic nitrogens is 2. The summed E-state index contributed by atoms with van der Waals surface area (Å²) in [6.07, 6.45) is 2.52. The van der Waals surface area contributed by atoms with Crippen LogP contribution in [0.15, 0.2) is 48.5 Å². The van der Waals surface area contributed by atoms with Crippen LogP contribution in [0, 0.1) is 0 Å². The molecule has 0 bridgehead atoms. The van der Waals surface area contributed by atoms with Crippen LogP contribution in [0.2, 0.25) is 0 Å². The van der Waals surface area contributed by atoms with Crippen molar-refractivity contribution in [2.24, 2.45) is 0 Å². The lowest BCUT2D eigenvalue weighted by atomic mass is 9.95. The van der Waals surface area contributed by atoms with E-state index in [1.54, 1.807) is 32.9 Å². The molecule has 0 atom stereocenters. The van der Waals surface area contributed by atoms with Gasteiger partial charge < -0.3 is 14.4 Å². The maximum absolute atomic E-state index is 13.0. The minimum atomic E-state index is -1.31. The van der Waals surface area contributed by atoms with Crippen molar-refractivity contribution in [3.63, 3.8) is 0 Å². The first-order valence-electron chi connectivity index (χ1n) is 12.3. The average molecular weight is 491 g/mol. The summed E-state index contributed by atoms with van der Waals surface area (Å²) in [7, 11) is 0. The highest BCUT2D eigenvalue weighted by atomic mass is 16.5. The third kappa shape index (κ3) is 5.97. The number of nitrogens with zero attached hydrogens (tertiary/aromatic N) is 2. The van der Waals surface area contributed by atoms with Gasteiger partial charge in [-0.05, 0) is 43.9 Å². The summed E-state index contributed by atoms with van der Waals surface area (Å²) in [6, 6.07) is 14.7. The Balaban J connectivity index is 2.03. The first-order chi connectivity index (χ1) is 17.1. The lowest BCUT2D eigenvalue weighted by Crippen LogP contribution is -2.23. The SMILES string of the molecule is CCCCc1nc(C(C)(C)O)c(C(=O)OCC)n1Cc1ccc(-c2ccccc2C(=O)C(C)=O)cc1. The summed E-state index contributed by atoms with van der Waals surface area (Å²) >= 11 is 0. The van der Waals surface area contributed by atoms with Gasteiger partial charge in [0.2, 0.25) is 5.78 Å². The summed E-state index contributed by atoms with van der Waals surface area (Å²) in [6.45, 7) is 8.91. The maximum Gasteiger partial charge on any atom is 0.357 e. The number of hydrogen-bond donors (Lipinski definition) is 1. The van der Waals surface area contributed by atoms with E-state index in [2.05, 4.69) is 11.9 Å². The van der Waals surface area contributed by atoms with Crippen LogP contribution >= 0.6 is 0 Å². The Morgan fingerprint density at radius 2 is 1.69 bits per heavy atom. The molecule has 0 amide bonds. The van der Waals surface area contributed by atoms with E-state index < -0.39 is 23.1 Å². The molecule has 0 unspecified atom stereocenters. The summed E-state index contributed by atoms with van der Waals surface area (Å²) in [4.78, 5) is 41.7. The quantitative estimate of drug-likeness (QED) is 0.228. The molecule has 190 valence electrons. The van der Waals surface area contributed by atoms with Gasteiger partial charge in [0, 0.05) is 25.5 Å². The number of unbranched alkanes of at least 4 members (excludes halogenated alkanes) is 1. The van der Waals surface area contributed by atoms with Crippen LogP contribution in [0.5, 0.6) is 0 Å². The summed E-state index contributed by atoms with van der Waals surface area (Å²) in [5.41, 5.74) is 2.03. The van der Waals surface area contributed by atoms with Gasteiger partial charge in [-0.1, -0.05) is 61.9 Å². The Morgan fingerprint density at radius 1 is 1.03 bits per heavy atom. The predicted octanol–water partition coefficient (Wildman–Crippen LogP) is 5.12. The zero-order chi connectivity index (χ0) is 26.5. The third-order valence-electron chi connectivity index (χ3n) is 5.95. The van der Waals surface area contributed by atoms with E-state index in [1.165, 1.54) is 6.92 Å². The number of aliphatic hydroxyl groups is 1. The molecule has 0 aliphatic heterocycles. The maximum atomic E-state index is 13.0. The van der Waals surface area contributed by atoms with Crippen molar-refractivity contribution in [1.29, 1.82) is 0 Å². The molecule has 7 nitrogen and oxygen atoms in total. The van der Waals surface area contributed by atoms with Crippen molar-refractivity contribution >= 4 is 17.5 Å². The molecule has 0 spiro atoms. The lowest BCUT2D eigenvalue weighted by Gasteiger charge is -2.17. The van der Waals surface area contributed by atoms with E-state index >= 15 is 0 Å². The largest absolute Gasteiger partial charge is 0.461 e. The van der Waals surface area contributed by atoms with Crippen LogP contribution in [-0.2, 0) is 28.1 Å². The van der Waals surface area contributed by atoms with Gasteiger partial charge in [0.25, 0.3) is 0 Å². The average Bonchev–Trinajstić information content (AvgIpc) is 3.21. The number of ether oxygens (including phenoxy) is 1. The molecule has 0 saturated carbocycles. The number of carbonyl (C=O) groups is 3. The molecule has 0 aliphatic rings. The number of rotatable bonds is 11. The molecule has 1 N–H and O–H groups in total. The number of hydrogen-bond acceptors (Lipinski definition) is 6. The molecule has 1 heterocycles. The van der Waals surface area contributed by atoms with Crippen LogP contribution in [0.25, 0.3) is 11.1 Å². The number of imidazole rings is 1. The molecular weight excluding hydrogens is 456 g/mol. The first-order valence-corrected chi connectivity index (χ1v) is 12.3. The van der Waals surface area contributed by atoms with Crippen LogP contribution < -0.4 is 0 Å². The van der Waals surface area contributed by atoms with Gasteiger partial charge in [-0.3, -0.25) is 9.59 Å². The van der Waals surface area contributed by atoms with Crippen molar-refractivity contribution in [3.05, 3.63) is 76.9 Å². The van der Waals surface area contributed by atoms with Crippen LogP contribution in [-0.4, -0.2) is 38.8 Å². The predicted molar refractivity (Wildman–Crippen MR) is 138 cm³/mol. The summed E-state index contributed by atoms with van der Waals surface area (Å²) < 4.78 is 7.16. The zero-order valence-corrected chi connectivity index (χ0v) is 21.6.